The van der Waals surface area contributed by atoms with E-state index in [0.29, 0.717) is 6.16 Å². The van der Waals surface area contributed by atoms with Crippen molar-refractivity contribution >= 4 is 34.8 Å². The summed E-state index contributed by atoms with van der Waals surface area (Å²) in [5.74, 6) is 0.0404. The minimum absolute atomic E-state index is 0.0404. The van der Waals surface area contributed by atoms with Gasteiger partial charge < -0.3 is 5.32 Å². The standard InChI is InChI=1S/C28H26NOP/c1-22-18-19-23(2)27(20-22)29-28(30)21-31(24-12-6-3-7-13-24,25-14-8-4-9-15-25)26-16-10-5-11-17-26/h3-20H,21H2,1-2H3/p+1. The van der Waals surface area contributed by atoms with Crippen LogP contribution < -0.4 is 21.2 Å². The summed E-state index contributed by atoms with van der Waals surface area (Å²) in [6.07, 6.45) is 0.415. The van der Waals surface area contributed by atoms with Crippen LogP contribution in [-0.2, 0) is 4.79 Å². The molecule has 4 aromatic carbocycles. The van der Waals surface area contributed by atoms with Gasteiger partial charge in [0, 0.05) is 5.69 Å². The van der Waals surface area contributed by atoms with Crippen LogP contribution in [0.4, 0.5) is 5.69 Å². The second kappa shape index (κ2) is 9.29. The van der Waals surface area contributed by atoms with Gasteiger partial charge in [-0.3, -0.25) is 4.79 Å². The molecule has 0 saturated heterocycles. The molecule has 4 rings (SSSR count). The zero-order valence-electron chi connectivity index (χ0n) is 18.0. The van der Waals surface area contributed by atoms with Gasteiger partial charge in [-0.15, -0.1) is 0 Å². The molecule has 0 saturated carbocycles. The van der Waals surface area contributed by atoms with Gasteiger partial charge in [0.2, 0.25) is 0 Å². The minimum atomic E-state index is -2.19. The molecule has 1 N–H and O–H groups in total. The maximum atomic E-state index is 13.5. The maximum Gasteiger partial charge on any atom is 0.263 e. The Hall–Kier alpha value is -3.22. The zero-order valence-corrected chi connectivity index (χ0v) is 18.8. The van der Waals surface area contributed by atoms with E-state index in [1.807, 2.05) is 38.1 Å². The third-order valence-electron chi connectivity index (χ3n) is 5.64. The number of hydrogen-bond donors (Lipinski definition) is 1. The Bertz CT molecular complexity index is 1060. The number of carbonyl (C=O) groups excluding carboxylic acids is 1. The summed E-state index contributed by atoms with van der Waals surface area (Å²) >= 11 is 0. The monoisotopic (exact) mass is 424 g/mol. The van der Waals surface area contributed by atoms with Crippen molar-refractivity contribution in [3.05, 3.63) is 120 Å². The largest absolute Gasteiger partial charge is 0.323 e. The van der Waals surface area contributed by atoms with Crippen LogP contribution in [0, 0.1) is 13.8 Å². The average Bonchev–Trinajstić information content (AvgIpc) is 2.81. The molecule has 0 spiro atoms. The number of hydrogen-bond acceptors (Lipinski definition) is 1. The van der Waals surface area contributed by atoms with Crippen LogP contribution in [0.3, 0.4) is 0 Å². The van der Waals surface area contributed by atoms with Gasteiger partial charge in [0.1, 0.15) is 23.2 Å². The molecule has 2 nitrogen and oxygen atoms in total. The van der Waals surface area contributed by atoms with E-state index in [1.165, 1.54) is 15.9 Å². The van der Waals surface area contributed by atoms with Crippen molar-refractivity contribution in [3.63, 3.8) is 0 Å². The van der Waals surface area contributed by atoms with Crippen molar-refractivity contribution in [2.45, 2.75) is 13.8 Å². The molecule has 0 atom stereocenters. The van der Waals surface area contributed by atoms with Crippen LogP contribution >= 0.6 is 7.26 Å². The lowest BCUT2D eigenvalue weighted by atomic mass is 10.1. The molecule has 3 heteroatoms. The molecule has 154 valence electrons. The van der Waals surface area contributed by atoms with Crippen molar-refractivity contribution < 1.29 is 4.79 Å². The quantitative estimate of drug-likeness (QED) is 0.422. The first kappa shape index (κ1) is 21.0. The topological polar surface area (TPSA) is 29.1 Å². The molecule has 1 amide bonds. The van der Waals surface area contributed by atoms with Crippen LogP contribution in [0.1, 0.15) is 11.1 Å². The third-order valence-corrected chi connectivity index (χ3v) is 9.94. The minimum Gasteiger partial charge on any atom is -0.323 e. The molecule has 0 aliphatic carbocycles. The van der Waals surface area contributed by atoms with E-state index < -0.39 is 7.26 Å². The SMILES string of the molecule is Cc1ccc(C)c(NC(=O)C[P+](c2ccccc2)(c2ccccc2)c2ccccc2)c1. The molecule has 0 unspecified atom stereocenters. The molecule has 0 radical (unpaired) electrons. The summed E-state index contributed by atoms with van der Waals surface area (Å²) in [5.41, 5.74) is 3.09. The Morgan fingerprint density at radius 1 is 0.677 bits per heavy atom. The molecule has 0 aromatic heterocycles. The molecular formula is C28H27NOP+. The first-order valence-electron chi connectivity index (χ1n) is 10.5. The van der Waals surface area contributed by atoms with Crippen LogP contribution in [0.2, 0.25) is 0 Å². The van der Waals surface area contributed by atoms with Crippen LogP contribution in [0.15, 0.2) is 109 Å². The predicted octanol–water partition coefficient (Wildman–Crippen LogP) is 5.24. The van der Waals surface area contributed by atoms with Crippen molar-refractivity contribution in [1.82, 2.24) is 0 Å². The van der Waals surface area contributed by atoms with Crippen molar-refractivity contribution in [2.24, 2.45) is 0 Å². The number of benzene rings is 4. The van der Waals surface area contributed by atoms with Gasteiger partial charge in [0.05, 0.1) is 0 Å². The second-order valence-electron chi connectivity index (χ2n) is 7.84. The predicted molar refractivity (Wildman–Crippen MR) is 135 cm³/mol. The Morgan fingerprint density at radius 3 is 1.58 bits per heavy atom. The lowest BCUT2D eigenvalue weighted by Crippen LogP contribution is -2.37. The second-order valence-corrected chi connectivity index (χ2v) is 11.3. The Morgan fingerprint density at radius 2 is 1.13 bits per heavy atom. The summed E-state index contributed by atoms with van der Waals surface area (Å²) in [6.45, 7) is 4.08. The fraction of sp³-hybridized carbons (Fsp3) is 0.107. The molecule has 31 heavy (non-hydrogen) atoms. The highest BCUT2D eigenvalue weighted by molar-refractivity contribution is 7.96. The lowest BCUT2D eigenvalue weighted by molar-refractivity contribution is -0.113. The first-order valence-corrected chi connectivity index (χ1v) is 12.5. The first-order chi connectivity index (χ1) is 15.1. The molecule has 0 aliphatic heterocycles. The Kier molecular flexibility index (Phi) is 6.30. The van der Waals surface area contributed by atoms with Gasteiger partial charge in [-0.1, -0.05) is 66.7 Å². The van der Waals surface area contributed by atoms with Gasteiger partial charge >= 0.3 is 0 Å². The van der Waals surface area contributed by atoms with Gasteiger partial charge in [-0.2, -0.15) is 0 Å². The van der Waals surface area contributed by atoms with E-state index >= 15 is 0 Å². The summed E-state index contributed by atoms with van der Waals surface area (Å²) in [4.78, 5) is 13.5. The maximum absolute atomic E-state index is 13.5. The number of nitrogens with one attached hydrogen (secondary N) is 1. The molecule has 0 bridgehead atoms. The van der Waals surface area contributed by atoms with E-state index in [0.717, 1.165) is 16.8 Å². The molecule has 0 heterocycles. The van der Waals surface area contributed by atoms with E-state index in [4.69, 9.17) is 0 Å². The molecular weight excluding hydrogens is 397 g/mol. The van der Waals surface area contributed by atoms with Crippen LogP contribution in [0.25, 0.3) is 0 Å². The van der Waals surface area contributed by atoms with E-state index in [1.54, 1.807) is 0 Å². The van der Waals surface area contributed by atoms with Gasteiger partial charge in [-0.25, -0.2) is 0 Å². The third kappa shape index (κ3) is 4.45. The van der Waals surface area contributed by atoms with Crippen LogP contribution in [0.5, 0.6) is 0 Å². The normalized spacial score (nSPS) is 11.2. The van der Waals surface area contributed by atoms with Gasteiger partial charge in [0.25, 0.3) is 5.91 Å². The Balaban J connectivity index is 1.84. The highest BCUT2D eigenvalue weighted by atomic mass is 31.2. The number of aryl methyl sites for hydroxylation is 2. The highest BCUT2D eigenvalue weighted by Crippen LogP contribution is 2.55. The smallest absolute Gasteiger partial charge is 0.263 e. The summed E-state index contributed by atoms with van der Waals surface area (Å²) in [5, 5.41) is 6.84. The molecule has 4 aromatic rings. The van der Waals surface area contributed by atoms with Crippen molar-refractivity contribution in [3.8, 4) is 0 Å². The number of amides is 1. The number of rotatable bonds is 6. The van der Waals surface area contributed by atoms with Crippen LogP contribution in [-0.4, -0.2) is 12.1 Å². The molecule has 0 fully saturated rings. The van der Waals surface area contributed by atoms with Gasteiger partial charge in [0.15, 0.2) is 6.16 Å². The van der Waals surface area contributed by atoms with E-state index in [-0.39, 0.29) is 5.91 Å². The lowest BCUT2D eigenvalue weighted by Gasteiger charge is -2.27. The Labute approximate surface area is 185 Å². The average molecular weight is 425 g/mol. The van der Waals surface area contributed by atoms with Crippen molar-refractivity contribution in [1.29, 1.82) is 0 Å². The number of carbonyl (C=O) groups is 1. The van der Waals surface area contributed by atoms with Gasteiger partial charge in [-0.05, 0) is 67.4 Å². The number of anilines is 1. The fourth-order valence-electron chi connectivity index (χ4n) is 4.04. The van der Waals surface area contributed by atoms with E-state index in [2.05, 4.69) is 90.2 Å². The molecule has 0 aliphatic rings. The van der Waals surface area contributed by atoms with E-state index in [9.17, 15) is 4.79 Å². The summed E-state index contributed by atoms with van der Waals surface area (Å²) in [6, 6.07) is 37.7. The summed E-state index contributed by atoms with van der Waals surface area (Å²) < 4.78 is 0. The highest BCUT2D eigenvalue weighted by Gasteiger charge is 2.47. The zero-order chi connectivity index (χ0) is 21.7. The fourth-order valence-corrected chi connectivity index (χ4v) is 8.04. The van der Waals surface area contributed by atoms with Crippen molar-refractivity contribution in [2.75, 3.05) is 11.5 Å². The summed E-state index contributed by atoms with van der Waals surface area (Å²) in [7, 11) is -2.19.